The fourth-order valence-electron chi connectivity index (χ4n) is 1.15. The van der Waals surface area contributed by atoms with E-state index in [1.807, 2.05) is 31.8 Å². The van der Waals surface area contributed by atoms with Crippen molar-refractivity contribution in [1.29, 1.82) is 0 Å². The monoisotopic (exact) mass is 167 g/mol. The first-order chi connectivity index (χ1) is 5.86. The molecule has 68 valence electrons. The summed E-state index contributed by atoms with van der Waals surface area (Å²) in [5, 5.41) is 7.53. The molecule has 0 atom stereocenters. The summed E-state index contributed by atoms with van der Waals surface area (Å²) in [7, 11) is 1.95. The van der Waals surface area contributed by atoms with Crippen molar-refractivity contribution in [3.05, 3.63) is 18.0 Å². The second kappa shape index (κ2) is 4.26. The molecule has 0 amide bonds. The van der Waals surface area contributed by atoms with Crippen LogP contribution in [0.25, 0.3) is 0 Å². The van der Waals surface area contributed by atoms with Crippen molar-refractivity contribution in [3.8, 4) is 0 Å². The summed E-state index contributed by atoms with van der Waals surface area (Å²) in [6.45, 7) is 6.19. The van der Waals surface area contributed by atoms with Crippen LogP contribution in [0.15, 0.2) is 12.3 Å². The summed E-state index contributed by atoms with van der Waals surface area (Å²) in [5.74, 6) is 0.668. The van der Waals surface area contributed by atoms with Gasteiger partial charge in [-0.25, -0.2) is 0 Å². The van der Waals surface area contributed by atoms with Gasteiger partial charge in [0.05, 0.1) is 5.69 Å². The third-order valence-electron chi connectivity index (χ3n) is 1.93. The van der Waals surface area contributed by atoms with Crippen LogP contribution in [-0.4, -0.2) is 22.9 Å². The van der Waals surface area contributed by atoms with Gasteiger partial charge in [0.2, 0.25) is 0 Å². The average Bonchev–Trinajstić information content (AvgIpc) is 2.37. The molecule has 3 nitrogen and oxygen atoms in total. The van der Waals surface area contributed by atoms with Crippen molar-refractivity contribution in [1.82, 2.24) is 15.1 Å². The smallest absolute Gasteiger partial charge is 0.0680 e. The maximum absolute atomic E-state index is 4.31. The van der Waals surface area contributed by atoms with Gasteiger partial charge in [0.1, 0.15) is 0 Å². The van der Waals surface area contributed by atoms with E-state index in [0.717, 1.165) is 13.1 Å². The lowest BCUT2D eigenvalue weighted by molar-refractivity contribution is 0.436. The molecule has 0 aromatic carbocycles. The minimum atomic E-state index is 0.668. The van der Waals surface area contributed by atoms with E-state index in [1.54, 1.807) is 0 Å². The zero-order chi connectivity index (χ0) is 8.97. The molecule has 0 bridgehead atoms. The Bertz CT molecular complexity index is 225. The molecule has 1 aliphatic rings. The molecule has 0 unspecified atom stereocenters. The van der Waals surface area contributed by atoms with Gasteiger partial charge in [-0.15, -0.1) is 0 Å². The standard InChI is InChI=1S/C7H11N3.C2H6/c1-10-3-2-7(9-10)6-4-8-5-6;1-2/h2-3,6,8H,4-5H2,1H3;1-2H3. The van der Waals surface area contributed by atoms with Gasteiger partial charge in [-0.05, 0) is 6.07 Å². The molecular formula is C9H17N3. The van der Waals surface area contributed by atoms with Crippen LogP contribution in [0.3, 0.4) is 0 Å². The summed E-state index contributed by atoms with van der Waals surface area (Å²) in [6, 6.07) is 2.09. The molecule has 1 saturated heterocycles. The third-order valence-corrected chi connectivity index (χ3v) is 1.93. The fraction of sp³-hybridized carbons (Fsp3) is 0.667. The molecule has 3 heteroatoms. The summed E-state index contributed by atoms with van der Waals surface area (Å²) in [5.41, 5.74) is 1.22. The van der Waals surface area contributed by atoms with Crippen molar-refractivity contribution in [3.63, 3.8) is 0 Å². The molecule has 1 N–H and O–H groups in total. The first-order valence-electron chi connectivity index (χ1n) is 4.56. The molecule has 0 aliphatic carbocycles. The van der Waals surface area contributed by atoms with Crippen molar-refractivity contribution in [2.75, 3.05) is 13.1 Å². The Balaban J connectivity index is 0.000000336. The van der Waals surface area contributed by atoms with E-state index in [9.17, 15) is 0 Å². The highest BCUT2D eigenvalue weighted by Gasteiger charge is 2.20. The number of nitrogens with zero attached hydrogens (tertiary/aromatic N) is 2. The molecule has 2 rings (SSSR count). The van der Waals surface area contributed by atoms with Crippen molar-refractivity contribution < 1.29 is 0 Å². The zero-order valence-electron chi connectivity index (χ0n) is 8.04. The van der Waals surface area contributed by atoms with Crippen LogP contribution in [0.4, 0.5) is 0 Å². The maximum atomic E-state index is 4.31. The molecule has 0 saturated carbocycles. The van der Waals surface area contributed by atoms with E-state index >= 15 is 0 Å². The summed E-state index contributed by atoms with van der Waals surface area (Å²) in [6.07, 6.45) is 1.99. The van der Waals surface area contributed by atoms with E-state index in [4.69, 9.17) is 0 Å². The van der Waals surface area contributed by atoms with Crippen molar-refractivity contribution in [2.45, 2.75) is 19.8 Å². The van der Waals surface area contributed by atoms with Gasteiger partial charge in [-0.3, -0.25) is 4.68 Å². The lowest BCUT2D eigenvalue weighted by Gasteiger charge is -2.24. The summed E-state index contributed by atoms with van der Waals surface area (Å²) >= 11 is 0. The largest absolute Gasteiger partial charge is 0.315 e. The molecule has 1 aromatic rings. The van der Waals surface area contributed by atoms with Gasteiger partial charge in [-0.2, -0.15) is 5.10 Å². The van der Waals surface area contributed by atoms with E-state index in [-0.39, 0.29) is 0 Å². The van der Waals surface area contributed by atoms with Crippen LogP contribution in [0, 0.1) is 0 Å². The van der Waals surface area contributed by atoms with Gasteiger partial charge in [-0.1, -0.05) is 13.8 Å². The SMILES string of the molecule is CC.Cn1ccc(C2CNC2)n1. The molecule has 12 heavy (non-hydrogen) atoms. The highest BCUT2D eigenvalue weighted by Crippen LogP contribution is 2.16. The lowest BCUT2D eigenvalue weighted by atomic mass is 10.0. The Morgan fingerprint density at radius 3 is 2.50 bits per heavy atom. The summed E-state index contributed by atoms with van der Waals surface area (Å²) in [4.78, 5) is 0. The third kappa shape index (κ3) is 1.85. The molecule has 0 radical (unpaired) electrons. The Hall–Kier alpha value is -0.830. The maximum Gasteiger partial charge on any atom is 0.0680 e. The van der Waals surface area contributed by atoms with Crippen LogP contribution < -0.4 is 5.32 Å². The molecule has 0 spiro atoms. The van der Waals surface area contributed by atoms with E-state index in [2.05, 4.69) is 16.5 Å². The Labute approximate surface area is 73.8 Å². The Morgan fingerprint density at radius 1 is 1.50 bits per heavy atom. The number of aryl methyl sites for hydroxylation is 1. The number of hydrogen-bond donors (Lipinski definition) is 1. The molecule has 1 aromatic heterocycles. The van der Waals surface area contributed by atoms with Crippen molar-refractivity contribution >= 4 is 0 Å². The first kappa shape index (κ1) is 9.26. The second-order valence-electron chi connectivity index (χ2n) is 2.77. The van der Waals surface area contributed by atoms with E-state index in [1.165, 1.54) is 5.69 Å². The highest BCUT2D eigenvalue weighted by atomic mass is 15.3. The number of aromatic nitrogens is 2. The fourth-order valence-corrected chi connectivity index (χ4v) is 1.15. The molecular weight excluding hydrogens is 150 g/mol. The average molecular weight is 167 g/mol. The minimum Gasteiger partial charge on any atom is -0.315 e. The highest BCUT2D eigenvalue weighted by molar-refractivity contribution is 5.11. The number of nitrogens with one attached hydrogen (secondary N) is 1. The quantitative estimate of drug-likeness (QED) is 0.679. The lowest BCUT2D eigenvalue weighted by Crippen LogP contribution is -2.40. The van der Waals surface area contributed by atoms with E-state index < -0.39 is 0 Å². The summed E-state index contributed by atoms with van der Waals surface area (Å²) < 4.78 is 1.85. The predicted octanol–water partition coefficient (Wildman–Crippen LogP) is 1.13. The van der Waals surface area contributed by atoms with Gasteiger partial charge < -0.3 is 5.32 Å². The van der Waals surface area contributed by atoms with Crippen LogP contribution in [0.1, 0.15) is 25.5 Å². The van der Waals surface area contributed by atoms with E-state index in [0.29, 0.717) is 5.92 Å². The second-order valence-corrected chi connectivity index (χ2v) is 2.77. The van der Waals surface area contributed by atoms with Crippen LogP contribution in [0.5, 0.6) is 0 Å². The molecule has 1 aliphatic heterocycles. The minimum absolute atomic E-state index is 0.668. The topological polar surface area (TPSA) is 29.9 Å². The van der Waals surface area contributed by atoms with Crippen LogP contribution in [-0.2, 0) is 7.05 Å². The van der Waals surface area contributed by atoms with Gasteiger partial charge in [0.25, 0.3) is 0 Å². The number of hydrogen-bond acceptors (Lipinski definition) is 2. The Kier molecular flexibility index (Phi) is 3.29. The van der Waals surface area contributed by atoms with Crippen molar-refractivity contribution in [2.24, 2.45) is 7.05 Å². The van der Waals surface area contributed by atoms with Crippen LogP contribution in [0.2, 0.25) is 0 Å². The van der Waals surface area contributed by atoms with Gasteiger partial charge in [0.15, 0.2) is 0 Å². The number of rotatable bonds is 1. The predicted molar refractivity (Wildman–Crippen MR) is 50.2 cm³/mol. The molecule has 1 fully saturated rings. The van der Waals surface area contributed by atoms with Gasteiger partial charge >= 0.3 is 0 Å². The zero-order valence-corrected chi connectivity index (χ0v) is 8.04. The van der Waals surface area contributed by atoms with Gasteiger partial charge in [0, 0.05) is 32.3 Å². The molecule has 2 heterocycles. The van der Waals surface area contributed by atoms with Crippen LogP contribution >= 0.6 is 0 Å². The first-order valence-corrected chi connectivity index (χ1v) is 4.56. The Morgan fingerprint density at radius 2 is 2.17 bits per heavy atom. The normalized spacial score (nSPS) is 16.2.